The molecule has 148 valence electrons. The van der Waals surface area contributed by atoms with Crippen LogP contribution in [0, 0.1) is 27.7 Å². The van der Waals surface area contributed by atoms with Crippen LogP contribution in [-0.4, -0.2) is 15.8 Å². The van der Waals surface area contributed by atoms with E-state index < -0.39 is 0 Å². The Labute approximate surface area is 171 Å². The van der Waals surface area contributed by atoms with E-state index in [9.17, 15) is 4.79 Å². The van der Waals surface area contributed by atoms with Crippen LogP contribution in [0.2, 0.25) is 0 Å². The van der Waals surface area contributed by atoms with Crippen molar-refractivity contribution >= 4 is 28.9 Å². The molecule has 1 aliphatic rings. The summed E-state index contributed by atoms with van der Waals surface area (Å²) in [6.45, 7) is 8.30. The molecule has 1 heterocycles. The highest BCUT2D eigenvalue weighted by Crippen LogP contribution is 2.31. The maximum Gasteiger partial charge on any atom is 0.229 e. The fraction of sp³-hybridized carbons (Fsp3) is 0.292. The maximum absolute atomic E-state index is 12.6. The molecule has 0 atom stereocenters. The summed E-state index contributed by atoms with van der Waals surface area (Å²) in [5, 5.41) is 6.71. The molecule has 0 unspecified atom stereocenters. The average molecular weight is 386 g/mol. The summed E-state index contributed by atoms with van der Waals surface area (Å²) in [6.07, 6.45) is 2.16. The molecule has 3 aromatic rings. The van der Waals surface area contributed by atoms with E-state index in [1.165, 1.54) is 16.7 Å². The molecule has 2 N–H and O–H groups in total. The van der Waals surface area contributed by atoms with Crippen LogP contribution >= 0.6 is 0 Å². The summed E-state index contributed by atoms with van der Waals surface area (Å²) < 4.78 is 0. The number of benzene rings is 2. The Kier molecular flexibility index (Phi) is 5.05. The second-order valence-electron chi connectivity index (χ2n) is 7.86. The molecule has 0 spiro atoms. The second kappa shape index (κ2) is 7.66. The van der Waals surface area contributed by atoms with Gasteiger partial charge in [0.05, 0.1) is 11.3 Å². The highest BCUT2D eigenvalue weighted by Gasteiger charge is 2.25. The number of nitrogens with zero attached hydrogens (tertiary/aromatic N) is 2. The molecule has 0 bridgehead atoms. The summed E-state index contributed by atoms with van der Waals surface area (Å²) in [7, 11) is 0. The first-order valence-corrected chi connectivity index (χ1v) is 10.0. The minimum absolute atomic E-state index is 0.108. The first-order chi connectivity index (χ1) is 13.9. The van der Waals surface area contributed by atoms with Crippen LogP contribution in [0.25, 0.3) is 0 Å². The molecule has 0 saturated heterocycles. The van der Waals surface area contributed by atoms with Gasteiger partial charge in [-0.05, 0) is 75.4 Å². The van der Waals surface area contributed by atoms with Gasteiger partial charge in [-0.1, -0.05) is 23.8 Å². The molecule has 1 aliphatic carbocycles. The quantitative estimate of drug-likeness (QED) is 0.600. The number of Topliss-reactive ketones (excluding diaryl/α,β-unsaturated/α-hetero) is 1. The third-order valence-electron chi connectivity index (χ3n) is 5.48. The molecule has 0 amide bonds. The van der Waals surface area contributed by atoms with E-state index in [-0.39, 0.29) is 5.78 Å². The molecule has 4 rings (SSSR count). The van der Waals surface area contributed by atoms with Gasteiger partial charge >= 0.3 is 0 Å². The Balaban J connectivity index is 1.75. The fourth-order valence-electron chi connectivity index (χ4n) is 3.70. The summed E-state index contributed by atoms with van der Waals surface area (Å²) in [4.78, 5) is 22.0. The topological polar surface area (TPSA) is 66.9 Å². The number of fused-ring (bicyclic) bond motifs is 1. The molecular weight excluding hydrogens is 360 g/mol. The molecule has 0 radical (unpaired) electrons. The van der Waals surface area contributed by atoms with E-state index in [0.29, 0.717) is 23.8 Å². The number of nitrogens with one attached hydrogen (secondary N) is 2. The van der Waals surface area contributed by atoms with E-state index >= 15 is 0 Å². The number of ketones is 1. The van der Waals surface area contributed by atoms with Gasteiger partial charge in [0, 0.05) is 17.8 Å². The molecule has 0 fully saturated rings. The zero-order valence-electron chi connectivity index (χ0n) is 17.4. The third-order valence-corrected chi connectivity index (χ3v) is 5.48. The van der Waals surface area contributed by atoms with Gasteiger partial charge < -0.3 is 10.6 Å². The molecule has 5 nitrogen and oxygen atoms in total. The lowest BCUT2D eigenvalue weighted by Crippen LogP contribution is -2.18. The molecule has 5 heteroatoms. The first kappa shape index (κ1) is 19.1. The van der Waals surface area contributed by atoms with Crippen LogP contribution in [0.5, 0.6) is 0 Å². The normalized spacial score (nSPS) is 13.2. The van der Waals surface area contributed by atoms with Crippen LogP contribution in [0.15, 0.2) is 36.4 Å². The van der Waals surface area contributed by atoms with Crippen molar-refractivity contribution in [2.75, 3.05) is 10.6 Å². The SMILES string of the molecule is Cc1ccc(Nc2nc(Nc3ccc(C)c(C)c3)nc3c2C(=O)CCC3)c(C)c1. The number of carbonyl (C=O) groups excluding carboxylic acids is 1. The van der Waals surface area contributed by atoms with Crippen molar-refractivity contribution in [3.8, 4) is 0 Å². The van der Waals surface area contributed by atoms with Crippen LogP contribution < -0.4 is 10.6 Å². The van der Waals surface area contributed by atoms with Crippen LogP contribution in [-0.2, 0) is 6.42 Å². The van der Waals surface area contributed by atoms with Gasteiger partial charge in [0.25, 0.3) is 0 Å². The second-order valence-corrected chi connectivity index (χ2v) is 7.86. The Morgan fingerprint density at radius 2 is 1.66 bits per heavy atom. The predicted octanol–water partition coefficient (Wildman–Crippen LogP) is 5.72. The molecule has 1 aromatic heterocycles. The maximum atomic E-state index is 12.6. The average Bonchev–Trinajstić information content (AvgIpc) is 2.67. The van der Waals surface area contributed by atoms with Gasteiger partial charge in [-0.15, -0.1) is 0 Å². The largest absolute Gasteiger partial charge is 0.339 e. The van der Waals surface area contributed by atoms with Crippen molar-refractivity contribution in [3.63, 3.8) is 0 Å². The lowest BCUT2D eigenvalue weighted by molar-refractivity contribution is 0.0972. The summed E-state index contributed by atoms with van der Waals surface area (Å²) in [6, 6.07) is 12.4. The number of anilines is 4. The number of rotatable bonds is 4. The Bertz CT molecular complexity index is 1100. The van der Waals surface area contributed by atoms with Gasteiger partial charge in [-0.3, -0.25) is 4.79 Å². The zero-order valence-corrected chi connectivity index (χ0v) is 17.4. The lowest BCUT2D eigenvalue weighted by Gasteiger charge is -2.20. The highest BCUT2D eigenvalue weighted by atomic mass is 16.1. The molecule has 0 saturated carbocycles. The van der Waals surface area contributed by atoms with Crippen LogP contribution in [0.4, 0.5) is 23.1 Å². The van der Waals surface area contributed by atoms with Gasteiger partial charge in [0.1, 0.15) is 5.82 Å². The van der Waals surface area contributed by atoms with Gasteiger partial charge in [0.15, 0.2) is 5.78 Å². The third kappa shape index (κ3) is 3.99. The Morgan fingerprint density at radius 3 is 2.41 bits per heavy atom. The number of aromatic nitrogens is 2. The lowest BCUT2D eigenvalue weighted by atomic mass is 9.95. The van der Waals surface area contributed by atoms with Crippen molar-refractivity contribution in [3.05, 3.63) is 69.9 Å². The van der Waals surface area contributed by atoms with E-state index in [2.05, 4.69) is 72.6 Å². The zero-order chi connectivity index (χ0) is 20.5. The number of hydrogen-bond donors (Lipinski definition) is 2. The summed E-state index contributed by atoms with van der Waals surface area (Å²) in [5.74, 6) is 1.20. The number of hydrogen-bond acceptors (Lipinski definition) is 5. The highest BCUT2D eigenvalue weighted by molar-refractivity contribution is 6.03. The standard InChI is InChI=1S/C24H26N4O/c1-14-8-11-19(17(4)12-14)26-23-22-20(6-5-7-21(22)29)27-24(28-23)25-18-10-9-15(2)16(3)13-18/h8-13H,5-7H2,1-4H3,(H2,25,26,27,28). The summed E-state index contributed by atoms with van der Waals surface area (Å²) >= 11 is 0. The van der Waals surface area contributed by atoms with Crippen molar-refractivity contribution in [1.29, 1.82) is 0 Å². The van der Waals surface area contributed by atoms with Crippen molar-refractivity contribution in [2.24, 2.45) is 0 Å². The monoisotopic (exact) mass is 386 g/mol. The molecule has 29 heavy (non-hydrogen) atoms. The molecular formula is C24H26N4O. The van der Waals surface area contributed by atoms with Gasteiger partial charge in [0.2, 0.25) is 5.95 Å². The van der Waals surface area contributed by atoms with Gasteiger partial charge in [-0.2, -0.15) is 4.98 Å². The molecule has 2 aromatic carbocycles. The number of carbonyl (C=O) groups is 1. The summed E-state index contributed by atoms with van der Waals surface area (Å²) in [5.41, 5.74) is 8.09. The van der Waals surface area contributed by atoms with Crippen LogP contribution in [0.3, 0.4) is 0 Å². The predicted molar refractivity (Wildman–Crippen MR) is 118 cm³/mol. The fourth-order valence-corrected chi connectivity index (χ4v) is 3.70. The Hall–Kier alpha value is -3.21. The van der Waals surface area contributed by atoms with E-state index in [0.717, 1.165) is 35.5 Å². The van der Waals surface area contributed by atoms with Crippen molar-refractivity contribution in [1.82, 2.24) is 9.97 Å². The smallest absolute Gasteiger partial charge is 0.229 e. The first-order valence-electron chi connectivity index (χ1n) is 10.0. The molecule has 0 aliphatic heterocycles. The van der Waals surface area contributed by atoms with E-state index in [1.54, 1.807) is 0 Å². The Morgan fingerprint density at radius 1 is 0.828 bits per heavy atom. The van der Waals surface area contributed by atoms with E-state index in [1.807, 2.05) is 12.1 Å². The number of aryl methyl sites for hydroxylation is 5. The van der Waals surface area contributed by atoms with Crippen molar-refractivity contribution < 1.29 is 4.79 Å². The van der Waals surface area contributed by atoms with Crippen LogP contribution in [0.1, 0.15) is 51.1 Å². The minimum atomic E-state index is 0.108. The van der Waals surface area contributed by atoms with Gasteiger partial charge in [-0.25, -0.2) is 4.98 Å². The van der Waals surface area contributed by atoms with E-state index in [4.69, 9.17) is 0 Å². The minimum Gasteiger partial charge on any atom is -0.339 e. The van der Waals surface area contributed by atoms with Crippen molar-refractivity contribution in [2.45, 2.75) is 47.0 Å².